The largest absolute Gasteiger partial charge is 0.395 e. The number of aliphatic imine (C=N–C) groups is 1. The fourth-order valence-electron chi connectivity index (χ4n) is 1.95. The van der Waals surface area contributed by atoms with Crippen LogP contribution in [0.5, 0.6) is 0 Å². The number of fused-ring (bicyclic) bond motifs is 1. The lowest BCUT2D eigenvalue weighted by Crippen LogP contribution is -2.06. The van der Waals surface area contributed by atoms with Gasteiger partial charge in [0.2, 0.25) is 0 Å². The number of hydrogen-bond acceptors (Lipinski definition) is 7. The van der Waals surface area contributed by atoms with Crippen molar-refractivity contribution < 1.29 is 9.90 Å². The van der Waals surface area contributed by atoms with Gasteiger partial charge in [0, 0.05) is 36.3 Å². The predicted molar refractivity (Wildman–Crippen MR) is 78.0 cm³/mol. The van der Waals surface area contributed by atoms with Crippen LogP contribution in [0.2, 0.25) is 0 Å². The van der Waals surface area contributed by atoms with Gasteiger partial charge in [0.15, 0.2) is 10.9 Å². The molecule has 7 heteroatoms. The number of nitrogens with one attached hydrogen (secondary N) is 1. The molecule has 0 fully saturated rings. The third-order valence-corrected chi connectivity index (χ3v) is 3.66. The van der Waals surface area contributed by atoms with Gasteiger partial charge < -0.3 is 10.4 Å². The molecule has 102 valence electrons. The third kappa shape index (κ3) is 2.33. The maximum absolute atomic E-state index is 11.8. The number of anilines is 1. The zero-order valence-electron chi connectivity index (χ0n) is 10.5. The van der Waals surface area contributed by atoms with E-state index in [1.54, 1.807) is 18.5 Å². The summed E-state index contributed by atoms with van der Waals surface area (Å²) < 4.78 is 0. The topological polar surface area (TPSA) is 87.5 Å². The maximum atomic E-state index is 11.8. The summed E-state index contributed by atoms with van der Waals surface area (Å²) in [6, 6.07) is 1.69. The highest BCUT2D eigenvalue weighted by Gasteiger charge is 2.20. The van der Waals surface area contributed by atoms with E-state index in [-0.39, 0.29) is 12.4 Å². The Morgan fingerprint density at radius 2 is 2.35 bits per heavy atom. The van der Waals surface area contributed by atoms with E-state index in [0.717, 1.165) is 0 Å². The van der Waals surface area contributed by atoms with Crippen LogP contribution in [0.1, 0.15) is 16.8 Å². The average Bonchev–Trinajstić information content (AvgIpc) is 2.94. The van der Waals surface area contributed by atoms with Crippen molar-refractivity contribution in [2.24, 2.45) is 4.99 Å². The molecule has 3 rings (SSSR count). The maximum Gasteiger partial charge on any atom is 0.183 e. The first kappa shape index (κ1) is 12.9. The van der Waals surface area contributed by atoms with Gasteiger partial charge in [0.25, 0.3) is 0 Å². The fourth-order valence-corrected chi connectivity index (χ4v) is 2.68. The van der Waals surface area contributed by atoms with Crippen molar-refractivity contribution >= 4 is 34.2 Å². The van der Waals surface area contributed by atoms with Crippen LogP contribution in [0.25, 0.3) is 11.4 Å². The number of Topliss-reactive ketones (excluding diaryl/α,β-unsaturated/α-hetero) is 1. The summed E-state index contributed by atoms with van der Waals surface area (Å²) in [5.74, 6) is 0.0486. The van der Waals surface area contributed by atoms with Crippen molar-refractivity contribution in [1.82, 2.24) is 9.97 Å². The van der Waals surface area contributed by atoms with Crippen LogP contribution >= 0.6 is 11.3 Å². The third-order valence-electron chi connectivity index (χ3n) is 2.86. The van der Waals surface area contributed by atoms with Crippen molar-refractivity contribution in [3.8, 4) is 11.4 Å². The van der Waals surface area contributed by atoms with Crippen molar-refractivity contribution in [3.05, 3.63) is 23.2 Å². The van der Waals surface area contributed by atoms with Gasteiger partial charge in [-0.2, -0.15) is 0 Å². The summed E-state index contributed by atoms with van der Waals surface area (Å²) in [5.41, 5.74) is 2.47. The minimum atomic E-state index is 0.0483. The zero-order valence-corrected chi connectivity index (χ0v) is 11.4. The minimum Gasteiger partial charge on any atom is -0.395 e. The van der Waals surface area contributed by atoms with E-state index in [1.807, 2.05) is 5.38 Å². The van der Waals surface area contributed by atoms with Crippen LogP contribution < -0.4 is 5.32 Å². The van der Waals surface area contributed by atoms with Crippen molar-refractivity contribution in [1.29, 1.82) is 0 Å². The first-order chi connectivity index (χ1) is 9.79. The standard InChI is InChI=1S/C13H12N4O2S/c18-6-5-16-13-17-9(7-20-13)12-11-8(1-3-15-12)10(19)2-4-14-11/h1,3-4,7,18H,2,5-6H2,(H,16,17). The van der Waals surface area contributed by atoms with E-state index >= 15 is 0 Å². The molecule has 2 aromatic rings. The molecule has 0 atom stereocenters. The zero-order chi connectivity index (χ0) is 13.9. The Bertz CT molecular complexity index is 681. The highest BCUT2D eigenvalue weighted by Crippen LogP contribution is 2.35. The van der Waals surface area contributed by atoms with Crippen LogP contribution in [-0.4, -0.2) is 40.2 Å². The predicted octanol–water partition coefficient (Wildman–Crippen LogP) is 1.90. The second-order valence-corrected chi connectivity index (χ2v) is 5.04. The van der Waals surface area contributed by atoms with Crippen LogP contribution in [0.4, 0.5) is 10.8 Å². The van der Waals surface area contributed by atoms with E-state index in [2.05, 4.69) is 20.3 Å². The lowest BCUT2D eigenvalue weighted by molar-refractivity contribution is 0.100. The van der Waals surface area contributed by atoms with Gasteiger partial charge in [-0.05, 0) is 6.07 Å². The Kier molecular flexibility index (Phi) is 3.53. The monoisotopic (exact) mass is 288 g/mol. The molecule has 6 nitrogen and oxygen atoms in total. The Balaban J connectivity index is 1.99. The highest BCUT2D eigenvalue weighted by atomic mass is 32.1. The second-order valence-electron chi connectivity index (χ2n) is 4.18. The number of rotatable bonds is 4. The van der Waals surface area contributed by atoms with Gasteiger partial charge >= 0.3 is 0 Å². The molecule has 3 heterocycles. The molecule has 0 saturated heterocycles. The van der Waals surface area contributed by atoms with E-state index in [9.17, 15) is 4.79 Å². The van der Waals surface area contributed by atoms with Crippen molar-refractivity contribution in [3.63, 3.8) is 0 Å². The molecular formula is C13H12N4O2S. The van der Waals surface area contributed by atoms with Gasteiger partial charge in [0.1, 0.15) is 17.1 Å². The SMILES string of the molecule is O=C1CC=Nc2c1ccnc2-c1csc(NCCO)n1. The van der Waals surface area contributed by atoms with Gasteiger partial charge in [-0.3, -0.25) is 14.8 Å². The molecule has 20 heavy (non-hydrogen) atoms. The number of ketones is 1. The van der Waals surface area contributed by atoms with E-state index < -0.39 is 0 Å². The molecular weight excluding hydrogens is 276 g/mol. The van der Waals surface area contributed by atoms with Crippen molar-refractivity contribution in [2.45, 2.75) is 6.42 Å². The number of thiazole rings is 1. The molecule has 0 radical (unpaired) electrons. The van der Waals surface area contributed by atoms with E-state index in [0.29, 0.717) is 40.7 Å². The molecule has 1 aliphatic rings. The first-order valence-corrected chi connectivity index (χ1v) is 7.03. The lowest BCUT2D eigenvalue weighted by Gasteiger charge is -2.10. The van der Waals surface area contributed by atoms with Crippen LogP contribution in [0.15, 0.2) is 22.6 Å². The molecule has 0 spiro atoms. The number of carbonyl (C=O) groups is 1. The molecule has 0 amide bonds. The summed E-state index contributed by atoms with van der Waals surface area (Å²) in [7, 11) is 0. The smallest absolute Gasteiger partial charge is 0.183 e. The highest BCUT2D eigenvalue weighted by molar-refractivity contribution is 7.14. The molecule has 0 aromatic carbocycles. The molecule has 2 aromatic heterocycles. The van der Waals surface area contributed by atoms with Gasteiger partial charge in [0.05, 0.1) is 6.61 Å². The summed E-state index contributed by atoms with van der Waals surface area (Å²) >= 11 is 1.43. The van der Waals surface area contributed by atoms with Gasteiger partial charge in [-0.1, -0.05) is 0 Å². The summed E-state index contributed by atoms with van der Waals surface area (Å²) in [6.45, 7) is 0.497. The van der Waals surface area contributed by atoms with Crippen LogP contribution in [0.3, 0.4) is 0 Å². The van der Waals surface area contributed by atoms with Crippen LogP contribution in [0, 0.1) is 0 Å². The fraction of sp³-hybridized carbons (Fsp3) is 0.231. The average molecular weight is 288 g/mol. The number of aliphatic hydroxyl groups excluding tert-OH is 1. The normalized spacial score (nSPS) is 13.3. The van der Waals surface area contributed by atoms with E-state index in [4.69, 9.17) is 5.11 Å². The minimum absolute atomic E-state index is 0.0483. The molecule has 1 aliphatic heterocycles. The molecule has 0 saturated carbocycles. The lowest BCUT2D eigenvalue weighted by atomic mass is 10.0. The molecule has 2 N–H and O–H groups in total. The number of pyridine rings is 1. The van der Waals surface area contributed by atoms with Crippen LogP contribution in [-0.2, 0) is 0 Å². The van der Waals surface area contributed by atoms with Gasteiger partial charge in [-0.25, -0.2) is 4.98 Å². The Morgan fingerprint density at radius 3 is 3.20 bits per heavy atom. The summed E-state index contributed by atoms with van der Waals surface area (Å²) in [4.78, 5) is 24.8. The summed E-state index contributed by atoms with van der Waals surface area (Å²) in [6.07, 6.45) is 3.54. The number of aliphatic hydroxyl groups is 1. The number of aromatic nitrogens is 2. The molecule has 0 unspecified atom stereocenters. The Labute approximate surface area is 119 Å². The van der Waals surface area contributed by atoms with E-state index in [1.165, 1.54) is 11.3 Å². The Hall–Kier alpha value is -2.12. The Morgan fingerprint density at radius 1 is 1.45 bits per heavy atom. The number of hydrogen-bond donors (Lipinski definition) is 2. The second kappa shape index (κ2) is 5.48. The van der Waals surface area contributed by atoms with Gasteiger partial charge in [-0.15, -0.1) is 11.3 Å². The first-order valence-electron chi connectivity index (χ1n) is 6.15. The number of nitrogens with zero attached hydrogens (tertiary/aromatic N) is 3. The summed E-state index contributed by atoms with van der Waals surface area (Å²) in [5, 5.41) is 14.3. The van der Waals surface area contributed by atoms with Crippen molar-refractivity contribution in [2.75, 3.05) is 18.5 Å². The molecule has 0 aliphatic carbocycles. The quantitative estimate of drug-likeness (QED) is 0.897. The molecule has 0 bridgehead atoms. The number of carbonyl (C=O) groups excluding carboxylic acids is 1.